The van der Waals surface area contributed by atoms with Gasteiger partial charge in [0.1, 0.15) is 0 Å². The fraction of sp³-hybridized carbons (Fsp3) is 0.500. The molecule has 1 atom stereocenters. The third-order valence-electron chi connectivity index (χ3n) is 2.52. The smallest absolute Gasteiger partial charge is 0.169 e. The molecule has 0 aliphatic rings. The normalized spacial score (nSPS) is 13.3. The van der Waals surface area contributed by atoms with E-state index in [2.05, 4.69) is 0 Å². The van der Waals surface area contributed by atoms with Gasteiger partial charge in [-0.05, 0) is 19.4 Å². The number of hydrogen-bond donors (Lipinski definition) is 1. The highest BCUT2D eigenvalue weighted by Crippen LogP contribution is 2.22. The van der Waals surface area contributed by atoms with Gasteiger partial charge in [-0.3, -0.25) is 0 Å². The molecular weight excluding hydrogens is 257 g/mol. The monoisotopic (exact) mass is 275 g/mol. The summed E-state index contributed by atoms with van der Waals surface area (Å²) in [5, 5.41) is 0. The number of hydrogen-bond acceptors (Lipinski definition) is 4. The Labute approximate surface area is 107 Å². The highest BCUT2D eigenvalue weighted by Gasteiger charge is 2.17. The van der Waals surface area contributed by atoms with E-state index >= 15 is 0 Å². The lowest BCUT2D eigenvalue weighted by Crippen LogP contribution is -2.21. The summed E-state index contributed by atoms with van der Waals surface area (Å²) in [5.74, 6) is -0.941. The first-order chi connectivity index (χ1) is 8.35. The molecule has 1 aromatic carbocycles. The molecule has 0 amide bonds. The maximum atomic E-state index is 13.8. The molecule has 0 heterocycles. The summed E-state index contributed by atoms with van der Waals surface area (Å²) in [7, 11) is -2.01. The van der Waals surface area contributed by atoms with E-state index in [4.69, 9.17) is 10.5 Å². The first-order valence-corrected chi connectivity index (χ1v) is 7.45. The van der Waals surface area contributed by atoms with Gasteiger partial charge in [-0.2, -0.15) is 0 Å². The van der Waals surface area contributed by atoms with Crippen LogP contribution in [0.5, 0.6) is 5.75 Å². The van der Waals surface area contributed by atoms with Gasteiger partial charge in [0.15, 0.2) is 21.4 Å². The lowest BCUT2D eigenvalue weighted by Gasteiger charge is -2.09. The topological polar surface area (TPSA) is 69.4 Å². The SMILES string of the molecule is COc1cccc(CS(=O)(=O)CCC(C)N)c1F. The Bertz CT molecular complexity index is 500. The van der Waals surface area contributed by atoms with E-state index in [9.17, 15) is 12.8 Å². The molecule has 0 aliphatic heterocycles. The second-order valence-electron chi connectivity index (χ2n) is 4.29. The van der Waals surface area contributed by atoms with Crippen molar-refractivity contribution in [2.75, 3.05) is 12.9 Å². The zero-order chi connectivity index (χ0) is 13.8. The molecule has 1 aromatic rings. The van der Waals surface area contributed by atoms with Gasteiger partial charge in [0.2, 0.25) is 0 Å². The van der Waals surface area contributed by atoms with Crippen LogP contribution in [0, 0.1) is 5.82 Å². The van der Waals surface area contributed by atoms with Gasteiger partial charge < -0.3 is 10.5 Å². The molecule has 1 unspecified atom stereocenters. The average molecular weight is 275 g/mol. The molecule has 0 aromatic heterocycles. The second-order valence-corrected chi connectivity index (χ2v) is 6.48. The van der Waals surface area contributed by atoms with E-state index in [1.54, 1.807) is 13.0 Å². The lowest BCUT2D eigenvalue weighted by atomic mass is 10.2. The summed E-state index contributed by atoms with van der Waals surface area (Å²) in [6.45, 7) is 1.74. The van der Waals surface area contributed by atoms with Crippen LogP contribution < -0.4 is 10.5 Å². The first-order valence-electron chi connectivity index (χ1n) is 5.63. The predicted molar refractivity (Wildman–Crippen MR) is 68.7 cm³/mol. The fourth-order valence-electron chi connectivity index (χ4n) is 1.50. The van der Waals surface area contributed by atoms with Crippen molar-refractivity contribution in [3.8, 4) is 5.75 Å². The Balaban J connectivity index is 2.84. The minimum absolute atomic E-state index is 0.0404. The van der Waals surface area contributed by atoms with Gasteiger partial charge in [0.05, 0.1) is 18.6 Å². The van der Waals surface area contributed by atoms with Crippen LogP contribution in [-0.4, -0.2) is 27.3 Å². The quantitative estimate of drug-likeness (QED) is 0.854. The molecular formula is C12H18FNO3S. The van der Waals surface area contributed by atoms with Gasteiger partial charge >= 0.3 is 0 Å². The van der Waals surface area contributed by atoms with Crippen molar-refractivity contribution >= 4 is 9.84 Å². The zero-order valence-corrected chi connectivity index (χ0v) is 11.3. The number of ether oxygens (including phenoxy) is 1. The standard InChI is InChI=1S/C12H18FNO3S/c1-9(14)6-7-18(15,16)8-10-4-3-5-11(17-2)12(10)13/h3-5,9H,6-8,14H2,1-2H3. The van der Waals surface area contributed by atoms with Gasteiger partial charge in [-0.25, -0.2) is 12.8 Å². The molecule has 0 saturated carbocycles. The molecule has 4 nitrogen and oxygen atoms in total. The minimum Gasteiger partial charge on any atom is -0.494 e. The first kappa shape index (κ1) is 14.9. The summed E-state index contributed by atoms with van der Waals surface area (Å²) < 4.78 is 42.2. The zero-order valence-electron chi connectivity index (χ0n) is 10.5. The highest BCUT2D eigenvalue weighted by molar-refractivity contribution is 7.90. The van der Waals surface area contributed by atoms with Crippen molar-refractivity contribution in [3.05, 3.63) is 29.6 Å². The Morgan fingerprint density at radius 2 is 2.11 bits per heavy atom. The van der Waals surface area contributed by atoms with Crippen LogP contribution in [-0.2, 0) is 15.6 Å². The van der Waals surface area contributed by atoms with Crippen LogP contribution in [0.2, 0.25) is 0 Å². The molecule has 102 valence electrons. The molecule has 0 aliphatic carbocycles. The summed E-state index contributed by atoms with van der Waals surface area (Å²) in [5.41, 5.74) is 5.63. The van der Waals surface area contributed by atoms with Crippen LogP contribution in [0.3, 0.4) is 0 Å². The molecule has 6 heteroatoms. The molecule has 18 heavy (non-hydrogen) atoms. The van der Waals surface area contributed by atoms with E-state index in [-0.39, 0.29) is 28.9 Å². The molecule has 0 saturated heterocycles. The van der Waals surface area contributed by atoms with E-state index in [0.29, 0.717) is 6.42 Å². The van der Waals surface area contributed by atoms with Gasteiger partial charge in [0.25, 0.3) is 0 Å². The number of methoxy groups -OCH3 is 1. The average Bonchev–Trinajstić information content (AvgIpc) is 2.29. The van der Waals surface area contributed by atoms with Crippen molar-refractivity contribution in [1.29, 1.82) is 0 Å². The third-order valence-corrected chi connectivity index (χ3v) is 4.13. The minimum atomic E-state index is -3.35. The van der Waals surface area contributed by atoms with E-state index < -0.39 is 15.7 Å². The number of rotatable bonds is 6. The fourth-order valence-corrected chi connectivity index (χ4v) is 3.07. The van der Waals surface area contributed by atoms with E-state index in [1.165, 1.54) is 19.2 Å². The number of benzene rings is 1. The maximum absolute atomic E-state index is 13.8. The number of halogens is 1. The summed E-state index contributed by atoms with van der Waals surface area (Å²) in [6.07, 6.45) is 0.369. The van der Waals surface area contributed by atoms with Crippen LogP contribution in [0.4, 0.5) is 4.39 Å². The molecule has 0 fully saturated rings. The summed E-state index contributed by atoms with van der Waals surface area (Å²) >= 11 is 0. The second kappa shape index (κ2) is 6.15. The Kier molecular flexibility index (Phi) is 5.10. The van der Waals surface area contributed by atoms with E-state index in [1.807, 2.05) is 0 Å². The van der Waals surface area contributed by atoms with Crippen molar-refractivity contribution in [3.63, 3.8) is 0 Å². The Hall–Kier alpha value is -1.14. The van der Waals surface area contributed by atoms with Crippen molar-refractivity contribution < 1.29 is 17.5 Å². The van der Waals surface area contributed by atoms with Gasteiger partial charge in [0, 0.05) is 11.6 Å². The number of nitrogens with two attached hydrogens (primary N) is 1. The maximum Gasteiger partial charge on any atom is 0.169 e. The van der Waals surface area contributed by atoms with Crippen molar-refractivity contribution in [2.24, 2.45) is 5.73 Å². The third kappa shape index (κ3) is 4.27. The highest BCUT2D eigenvalue weighted by atomic mass is 32.2. The van der Waals surface area contributed by atoms with Crippen molar-refractivity contribution in [2.45, 2.75) is 25.1 Å². The molecule has 1 rings (SSSR count). The molecule has 2 N–H and O–H groups in total. The van der Waals surface area contributed by atoms with Crippen LogP contribution in [0.25, 0.3) is 0 Å². The predicted octanol–water partition coefficient (Wildman–Crippen LogP) is 1.49. The molecule has 0 spiro atoms. The van der Waals surface area contributed by atoms with Gasteiger partial charge in [-0.15, -0.1) is 0 Å². The van der Waals surface area contributed by atoms with Gasteiger partial charge in [-0.1, -0.05) is 12.1 Å². The Morgan fingerprint density at radius 3 is 2.67 bits per heavy atom. The van der Waals surface area contributed by atoms with Crippen LogP contribution >= 0.6 is 0 Å². The van der Waals surface area contributed by atoms with Crippen molar-refractivity contribution in [1.82, 2.24) is 0 Å². The van der Waals surface area contributed by atoms with E-state index in [0.717, 1.165) is 0 Å². The van der Waals surface area contributed by atoms with Crippen LogP contribution in [0.1, 0.15) is 18.9 Å². The largest absolute Gasteiger partial charge is 0.494 e. The summed E-state index contributed by atoms with van der Waals surface area (Å²) in [4.78, 5) is 0. The molecule has 0 radical (unpaired) electrons. The Morgan fingerprint density at radius 1 is 1.44 bits per heavy atom. The van der Waals surface area contributed by atoms with Crippen LogP contribution in [0.15, 0.2) is 18.2 Å². The molecule has 0 bridgehead atoms. The lowest BCUT2D eigenvalue weighted by molar-refractivity contribution is 0.385. The summed E-state index contributed by atoms with van der Waals surface area (Å²) in [6, 6.07) is 4.28. The number of sulfone groups is 1.